The van der Waals surface area contributed by atoms with Gasteiger partial charge >= 0.3 is 5.97 Å². The standard InChI is InChI=1S/C41H31NO4/c1-25-26(2)42(32-17-13-27(14-18-32)21-35(29-9-5-3-6-10-29)30-11-7-4-8-12-30)38-20-15-28(22-34(25)38)23-37-39(43)33-19-16-31(41(45)46)24-36(33)40(37)44/h3-26H,1-2H3,(H,45,46)/b37-23+. The second kappa shape index (κ2) is 11.6. The van der Waals surface area contributed by atoms with Crippen molar-refractivity contribution in [2.45, 2.75) is 25.8 Å². The molecule has 2 aliphatic rings. The van der Waals surface area contributed by atoms with E-state index in [1.165, 1.54) is 18.2 Å². The summed E-state index contributed by atoms with van der Waals surface area (Å²) < 4.78 is 0. The summed E-state index contributed by atoms with van der Waals surface area (Å²) >= 11 is 0. The fourth-order valence-corrected chi connectivity index (χ4v) is 6.54. The minimum atomic E-state index is -1.14. The van der Waals surface area contributed by atoms with Gasteiger partial charge in [-0.25, -0.2) is 4.79 Å². The van der Waals surface area contributed by atoms with Crippen LogP contribution in [0.15, 0.2) is 127 Å². The lowest BCUT2D eigenvalue weighted by Gasteiger charge is -2.26. The molecule has 1 heterocycles. The zero-order valence-corrected chi connectivity index (χ0v) is 25.5. The van der Waals surface area contributed by atoms with Gasteiger partial charge in [-0.3, -0.25) is 9.59 Å². The van der Waals surface area contributed by atoms with Crippen LogP contribution in [-0.4, -0.2) is 28.7 Å². The predicted molar refractivity (Wildman–Crippen MR) is 183 cm³/mol. The number of carbonyl (C=O) groups is 3. The number of hydrogen-bond acceptors (Lipinski definition) is 4. The normalized spacial score (nSPS) is 17.6. The Labute approximate surface area is 267 Å². The second-order valence-corrected chi connectivity index (χ2v) is 11.9. The molecule has 0 fully saturated rings. The monoisotopic (exact) mass is 601 g/mol. The van der Waals surface area contributed by atoms with Crippen LogP contribution in [0.1, 0.15) is 78.7 Å². The first kappa shape index (κ1) is 28.9. The van der Waals surface area contributed by atoms with Crippen LogP contribution in [0, 0.1) is 0 Å². The van der Waals surface area contributed by atoms with E-state index >= 15 is 0 Å². The summed E-state index contributed by atoms with van der Waals surface area (Å²) in [6.07, 6.45) is 3.86. The van der Waals surface area contributed by atoms with Gasteiger partial charge in [0, 0.05) is 34.5 Å². The second-order valence-electron chi connectivity index (χ2n) is 11.9. The number of benzene rings is 5. The van der Waals surface area contributed by atoms with Gasteiger partial charge in [-0.2, -0.15) is 0 Å². The zero-order chi connectivity index (χ0) is 31.9. The fourth-order valence-electron chi connectivity index (χ4n) is 6.54. The maximum Gasteiger partial charge on any atom is 0.335 e. The smallest absolute Gasteiger partial charge is 0.335 e. The average Bonchev–Trinajstić information content (AvgIpc) is 3.48. The highest BCUT2D eigenvalue weighted by Gasteiger charge is 2.36. The molecule has 1 N–H and O–H groups in total. The summed E-state index contributed by atoms with van der Waals surface area (Å²) in [7, 11) is 0. The minimum absolute atomic E-state index is 0.0153. The molecule has 0 amide bonds. The van der Waals surface area contributed by atoms with Gasteiger partial charge in [0.1, 0.15) is 0 Å². The first-order valence-corrected chi connectivity index (χ1v) is 15.3. The molecule has 1 aliphatic carbocycles. The summed E-state index contributed by atoms with van der Waals surface area (Å²) in [5.41, 5.74) is 9.11. The van der Waals surface area contributed by atoms with Gasteiger partial charge in [-0.05, 0) is 94.9 Å². The number of allylic oxidation sites excluding steroid dienone is 1. The van der Waals surface area contributed by atoms with E-state index in [0.717, 1.165) is 44.8 Å². The molecule has 0 radical (unpaired) electrons. The molecule has 5 aromatic carbocycles. The third-order valence-corrected chi connectivity index (χ3v) is 9.14. The highest BCUT2D eigenvalue weighted by atomic mass is 16.4. The lowest BCUT2D eigenvalue weighted by Crippen LogP contribution is -2.25. The van der Waals surface area contributed by atoms with Gasteiger partial charge in [0.05, 0.1) is 11.1 Å². The zero-order valence-electron chi connectivity index (χ0n) is 25.5. The molecule has 0 spiro atoms. The summed E-state index contributed by atoms with van der Waals surface area (Å²) in [6.45, 7) is 4.40. The molecule has 0 saturated carbocycles. The number of carboxylic acid groups (broad SMARTS) is 1. The van der Waals surface area contributed by atoms with E-state index in [-0.39, 0.29) is 40.0 Å². The molecular formula is C41H31NO4. The van der Waals surface area contributed by atoms with Crippen LogP contribution in [0.5, 0.6) is 0 Å². The lowest BCUT2D eigenvalue weighted by molar-refractivity contribution is 0.0696. The molecule has 5 heteroatoms. The average molecular weight is 602 g/mol. The number of Topliss-reactive ketones (excluding diaryl/α,β-unsaturated/α-hetero) is 2. The van der Waals surface area contributed by atoms with Gasteiger partial charge in [0.2, 0.25) is 0 Å². The maximum atomic E-state index is 13.1. The maximum absolute atomic E-state index is 13.1. The van der Waals surface area contributed by atoms with Crippen molar-refractivity contribution >= 4 is 46.6 Å². The number of fused-ring (bicyclic) bond motifs is 2. The molecule has 46 heavy (non-hydrogen) atoms. The fraction of sp³-hybridized carbons (Fsp3) is 0.0976. The number of aromatic carboxylic acids is 1. The molecule has 0 saturated heterocycles. The Morgan fingerprint density at radius 3 is 1.91 bits per heavy atom. The predicted octanol–water partition coefficient (Wildman–Crippen LogP) is 9.08. The first-order chi connectivity index (χ1) is 22.3. The Balaban J connectivity index is 1.18. The Bertz CT molecular complexity index is 2030. The third-order valence-electron chi connectivity index (χ3n) is 9.14. The molecule has 2 unspecified atom stereocenters. The number of carbonyl (C=O) groups excluding carboxylic acids is 2. The van der Waals surface area contributed by atoms with E-state index in [0.29, 0.717) is 0 Å². The molecule has 224 valence electrons. The topological polar surface area (TPSA) is 74.7 Å². The van der Waals surface area contributed by atoms with Crippen molar-refractivity contribution in [3.8, 4) is 0 Å². The summed E-state index contributed by atoms with van der Waals surface area (Å²) in [4.78, 5) is 40.0. The molecule has 7 rings (SSSR count). The number of hydrogen-bond donors (Lipinski definition) is 1. The van der Waals surface area contributed by atoms with Crippen molar-refractivity contribution in [1.82, 2.24) is 0 Å². The largest absolute Gasteiger partial charge is 0.478 e. The van der Waals surface area contributed by atoms with Crippen molar-refractivity contribution in [1.29, 1.82) is 0 Å². The lowest BCUT2D eigenvalue weighted by atomic mass is 9.95. The number of rotatable bonds is 6. The number of anilines is 2. The van der Waals surface area contributed by atoms with E-state index in [2.05, 4.69) is 110 Å². The summed E-state index contributed by atoms with van der Waals surface area (Å²) in [5.74, 6) is -1.75. The quantitative estimate of drug-likeness (QED) is 0.119. The highest BCUT2D eigenvalue weighted by molar-refractivity contribution is 6.41. The Morgan fingerprint density at radius 2 is 1.28 bits per heavy atom. The molecule has 0 bridgehead atoms. The van der Waals surface area contributed by atoms with E-state index in [4.69, 9.17) is 0 Å². The first-order valence-electron chi connectivity index (χ1n) is 15.3. The van der Waals surface area contributed by atoms with Crippen LogP contribution in [0.3, 0.4) is 0 Å². The summed E-state index contributed by atoms with van der Waals surface area (Å²) in [6, 6.07) is 39.8. The van der Waals surface area contributed by atoms with Gasteiger partial charge in [0.25, 0.3) is 0 Å². The van der Waals surface area contributed by atoms with Crippen molar-refractivity contribution < 1.29 is 19.5 Å². The van der Waals surface area contributed by atoms with Crippen molar-refractivity contribution in [3.05, 3.63) is 171 Å². The van der Waals surface area contributed by atoms with Crippen LogP contribution >= 0.6 is 0 Å². The molecule has 5 aromatic rings. The molecule has 0 aromatic heterocycles. The van der Waals surface area contributed by atoms with Gasteiger partial charge in [-0.1, -0.05) is 85.8 Å². The van der Waals surface area contributed by atoms with E-state index in [1.807, 2.05) is 18.2 Å². The van der Waals surface area contributed by atoms with Crippen LogP contribution in [-0.2, 0) is 0 Å². The third kappa shape index (κ3) is 5.06. The van der Waals surface area contributed by atoms with Gasteiger partial charge in [0.15, 0.2) is 11.6 Å². The van der Waals surface area contributed by atoms with Crippen molar-refractivity contribution in [2.75, 3.05) is 4.90 Å². The van der Waals surface area contributed by atoms with Crippen molar-refractivity contribution in [2.24, 2.45) is 0 Å². The van der Waals surface area contributed by atoms with Crippen LogP contribution in [0.4, 0.5) is 11.4 Å². The molecule has 5 nitrogen and oxygen atoms in total. The molecule has 2 atom stereocenters. The molecular weight excluding hydrogens is 570 g/mol. The van der Waals surface area contributed by atoms with E-state index in [1.54, 1.807) is 6.08 Å². The van der Waals surface area contributed by atoms with Crippen molar-refractivity contribution in [3.63, 3.8) is 0 Å². The highest BCUT2D eigenvalue weighted by Crippen LogP contribution is 2.46. The van der Waals surface area contributed by atoms with Crippen LogP contribution < -0.4 is 4.90 Å². The van der Waals surface area contributed by atoms with Crippen LogP contribution in [0.25, 0.3) is 17.7 Å². The Morgan fingerprint density at radius 1 is 0.674 bits per heavy atom. The Hall–Kier alpha value is -5.81. The van der Waals surface area contributed by atoms with Gasteiger partial charge in [-0.15, -0.1) is 0 Å². The SMILES string of the molecule is CC1c2cc(/C=C3\C(=O)c4ccc(C(=O)O)cc4C3=O)ccc2N(c2ccc(C=C(c3ccccc3)c3ccccc3)cc2)C1C. The Kier molecular flexibility index (Phi) is 7.30. The number of carboxylic acids is 1. The van der Waals surface area contributed by atoms with Gasteiger partial charge < -0.3 is 10.0 Å². The van der Waals surface area contributed by atoms with E-state index in [9.17, 15) is 19.5 Å². The number of nitrogens with zero attached hydrogens (tertiary/aromatic N) is 1. The minimum Gasteiger partial charge on any atom is -0.478 e. The molecule has 1 aliphatic heterocycles. The number of ketones is 2. The van der Waals surface area contributed by atoms with E-state index < -0.39 is 11.8 Å². The summed E-state index contributed by atoms with van der Waals surface area (Å²) in [5, 5.41) is 9.33. The van der Waals surface area contributed by atoms with Crippen LogP contribution in [0.2, 0.25) is 0 Å².